The summed E-state index contributed by atoms with van der Waals surface area (Å²) < 4.78 is 25.5. The van der Waals surface area contributed by atoms with Crippen LogP contribution in [-0.4, -0.2) is 37.6 Å². The number of nitrogens with two attached hydrogens (primary N) is 1. The van der Waals surface area contributed by atoms with E-state index in [1.807, 2.05) is 6.92 Å². The van der Waals surface area contributed by atoms with Crippen LogP contribution in [0.2, 0.25) is 0 Å². The summed E-state index contributed by atoms with van der Waals surface area (Å²) in [7, 11) is -3.11. The van der Waals surface area contributed by atoms with Crippen LogP contribution in [0.15, 0.2) is 12.7 Å². The molecule has 2 atom stereocenters. The molecule has 1 heterocycles. The second-order valence-corrected chi connectivity index (χ2v) is 6.60. The molecule has 0 spiro atoms. The third-order valence-corrected chi connectivity index (χ3v) is 5.01. The number of nitrogens with zero attached hydrogens (tertiary/aromatic N) is 1. The van der Waals surface area contributed by atoms with E-state index in [1.54, 1.807) is 10.4 Å². The van der Waals surface area contributed by atoms with Gasteiger partial charge in [0.25, 0.3) is 0 Å². The normalized spacial score (nSPS) is 23.8. The van der Waals surface area contributed by atoms with Gasteiger partial charge in [-0.05, 0) is 32.1 Å². The number of hydrogen-bond acceptors (Lipinski definition) is 3. The van der Waals surface area contributed by atoms with Crippen LogP contribution in [0.25, 0.3) is 0 Å². The number of rotatable bonds is 5. The molecule has 17 heavy (non-hydrogen) atoms. The maximum absolute atomic E-state index is 11.9. The summed E-state index contributed by atoms with van der Waals surface area (Å²) in [5.74, 6) is 0.467. The van der Waals surface area contributed by atoms with Crippen molar-refractivity contribution in [3.8, 4) is 0 Å². The zero-order valence-electron chi connectivity index (χ0n) is 10.3. The summed E-state index contributed by atoms with van der Waals surface area (Å²) >= 11 is 0. The molecule has 1 aliphatic heterocycles. The Kier molecular flexibility index (Phi) is 7.32. The van der Waals surface area contributed by atoms with Crippen molar-refractivity contribution in [1.82, 2.24) is 4.31 Å². The molecule has 102 valence electrons. The van der Waals surface area contributed by atoms with Crippen LogP contribution in [0.3, 0.4) is 0 Å². The molecular weight excluding hydrogens is 260 g/mol. The van der Waals surface area contributed by atoms with Crippen molar-refractivity contribution in [1.29, 1.82) is 0 Å². The lowest BCUT2D eigenvalue weighted by Gasteiger charge is -2.33. The van der Waals surface area contributed by atoms with Crippen molar-refractivity contribution in [2.75, 3.05) is 18.8 Å². The minimum Gasteiger partial charge on any atom is -0.328 e. The van der Waals surface area contributed by atoms with Crippen LogP contribution in [0.5, 0.6) is 0 Å². The fraction of sp³-hybridized carbons (Fsp3) is 0.818. The summed E-state index contributed by atoms with van der Waals surface area (Å²) in [6.07, 6.45) is 4.11. The molecule has 1 rings (SSSR count). The summed E-state index contributed by atoms with van der Waals surface area (Å²) in [5, 5.41) is 0. The number of allylic oxidation sites excluding steroid dienone is 1. The van der Waals surface area contributed by atoms with Gasteiger partial charge < -0.3 is 5.73 Å². The quantitative estimate of drug-likeness (QED) is 0.775. The maximum atomic E-state index is 11.9. The molecule has 0 bridgehead atoms. The van der Waals surface area contributed by atoms with Crippen LogP contribution < -0.4 is 5.73 Å². The van der Waals surface area contributed by atoms with E-state index in [4.69, 9.17) is 5.73 Å². The average molecular weight is 283 g/mol. The monoisotopic (exact) mass is 282 g/mol. The Morgan fingerprint density at radius 1 is 1.59 bits per heavy atom. The molecule has 0 aliphatic carbocycles. The molecule has 0 radical (unpaired) electrons. The highest BCUT2D eigenvalue weighted by atomic mass is 35.5. The van der Waals surface area contributed by atoms with Crippen LogP contribution in [-0.2, 0) is 10.0 Å². The van der Waals surface area contributed by atoms with Gasteiger partial charge in [0.15, 0.2) is 0 Å². The van der Waals surface area contributed by atoms with E-state index < -0.39 is 10.0 Å². The predicted molar refractivity (Wildman–Crippen MR) is 73.8 cm³/mol. The first kappa shape index (κ1) is 16.9. The van der Waals surface area contributed by atoms with Crippen molar-refractivity contribution in [3.63, 3.8) is 0 Å². The van der Waals surface area contributed by atoms with Crippen molar-refractivity contribution in [2.24, 2.45) is 11.7 Å². The van der Waals surface area contributed by atoms with Gasteiger partial charge in [0.2, 0.25) is 10.0 Å². The third kappa shape index (κ3) is 4.95. The van der Waals surface area contributed by atoms with Crippen LogP contribution in [0.1, 0.15) is 26.2 Å². The number of piperidine rings is 1. The number of sulfonamides is 1. The molecule has 6 heteroatoms. The second kappa shape index (κ2) is 7.36. The van der Waals surface area contributed by atoms with Gasteiger partial charge in [-0.15, -0.1) is 19.0 Å². The maximum Gasteiger partial charge on any atom is 0.214 e. The third-order valence-electron chi connectivity index (χ3n) is 3.14. The second-order valence-electron chi connectivity index (χ2n) is 4.51. The molecule has 2 unspecified atom stereocenters. The molecular formula is C11H23ClN2O2S. The van der Waals surface area contributed by atoms with Crippen molar-refractivity contribution >= 4 is 22.4 Å². The van der Waals surface area contributed by atoms with Crippen molar-refractivity contribution in [2.45, 2.75) is 32.2 Å². The molecule has 0 aromatic rings. The minimum absolute atomic E-state index is 0. The highest BCUT2D eigenvalue weighted by Crippen LogP contribution is 2.21. The van der Waals surface area contributed by atoms with Gasteiger partial charge in [0.1, 0.15) is 0 Å². The summed E-state index contributed by atoms with van der Waals surface area (Å²) in [4.78, 5) is 0. The fourth-order valence-electron chi connectivity index (χ4n) is 2.02. The molecule has 1 fully saturated rings. The number of halogens is 1. The highest BCUT2D eigenvalue weighted by molar-refractivity contribution is 7.89. The Balaban J connectivity index is 0.00000256. The van der Waals surface area contributed by atoms with Crippen LogP contribution >= 0.6 is 12.4 Å². The molecule has 0 amide bonds. The topological polar surface area (TPSA) is 63.4 Å². The Morgan fingerprint density at radius 3 is 2.76 bits per heavy atom. The molecule has 0 aromatic carbocycles. The van der Waals surface area contributed by atoms with Gasteiger partial charge in [-0.3, -0.25) is 0 Å². The first-order chi connectivity index (χ1) is 7.47. The van der Waals surface area contributed by atoms with Gasteiger partial charge in [-0.25, -0.2) is 12.7 Å². The predicted octanol–water partition coefficient (Wildman–Crippen LogP) is 1.37. The van der Waals surface area contributed by atoms with Crippen molar-refractivity contribution in [3.05, 3.63) is 12.7 Å². The van der Waals surface area contributed by atoms with E-state index in [0.717, 1.165) is 12.8 Å². The summed E-state index contributed by atoms with van der Waals surface area (Å²) in [6, 6.07) is 0.0670. The largest absolute Gasteiger partial charge is 0.328 e. The minimum atomic E-state index is -3.11. The van der Waals surface area contributed by atoms with E-state index in [1.165, 1.54) is 0 Å². The molecule has 1 saturated heterocycles. The molecule has 0 saturated carbocycles. The molecule has 2 N–H and O–H groups in total. The Morgan fingerprint density at radius 2 is 2.24 bits per heavy atom. The van der Waals surface area contributed by atoms with E-state index >= 15 is 0 Å². The van der Waals surface area contributed by atoms with E-state index in [2.05, 4.69) is 6.58 Å². The fourth-order valence-corrected chi connectivity index (χ4v) is 3.57. The standard InChI is InChI=1S/C11H22N2O2S.ClH/c1-3-4-8-16(14,15)13-7-5-6-11(9-13)10(2)12;/h3,10-11H,1,4-9,12H2,2H3;1H. The van der Waals surface area contributed by atoms with Crippen LogP contribution in [0.4, 0.5) is 0 Å². The Hall–Kier alpha value is -0.100. The number of hydrogen-bond donors (Lipinski definition) is 1. The van der Waals surface area contributed by atoms with E-state index in [9.17, 15) is 8.42 Å². The lowest BCUT2D eigenvalue weighted by Crippen LogP contribution is -2.45. The lowest BCUT2D eigenvalue weighted by molar-refractivity contribution is 0.243. The SMILES string of the molecule is C=CCCS(=O)(=O)N1CCCC(C(C)N)C1.Cl. The summed E-state index contributed by atoms with van der Waals surface area (Å²) in [5.41, 5.74) is 5.84. The van der Waals surface area contributed by atoms with Gasteiger partial charge in [-0.1, -0.05) is 6.08 Å². The van der Waals surface area contributed by atoms with Gasteiger partial charge in [0.05, 0.1) is 5.75 Å². The van der Waals surface area contributed by atoms with Crippen LogP contribution in [0, 0.1) is 5.92 Å². The lowest BCUT2D eigenvalue weighted by atomic mass is 9.93. The van der Waals surface area contributed by atoms with E-state index in [0.29, 0.717) is 25.4 Å². The first-order valence-corrected chi connectivity index (χ1v) is 7.42. The Labute approximate surface area is 111 Å². The van der Waals surface area contributed by atoms with Gasteiger partial charge in [-0.2, -0.15) is 0 Å². The summed E-state index contributed by atoms with van der Waals surface area (Å²) in [6.45, 7) is 6.72. The highest BCUT2D eigenvalue weighted by Gasteiger charge is 2.29. The zero-order chi connectivity index (χ0) is 12.2. The van der Waals surface area contributed by atoms with E-state index in [-0.39, 0.29) is 24.2 Å². The Bertz CT molecular complexity index is 330. The molecule has 0 aromatic heterocycles. The molecule has 4 nitrogen and oxygen atoms in total. The van der Waals surface area contributed by atoms with Crippen molar-refractivity contribution < 1.29 is 8.42 Å². The molecule has 1 aliphatic rings. The zero-order valence-corrected chi connectivity index (χ0v) is 12.0. The van der Waals surface area contributed by atoms with Gasteiger partial charge >= 0.3 is 0 Å². The average Bonchev–Trinajstić information content (AvgIpc) is 2.26. The van der Waals surface area contributed by atoms with Gasteiger partial charge in [0, 0.05) is 19.1 Å². The smallest absolute Gasteiger partial charge is 0.214 e. The first-order valence-electron chi connectivity index (χ1n) is 5.81.